The molecule has 1 N–H and O–H groups in total. The van der Waals surface area contributed by atoms with Gasteiger partial charge in [0.25, 0.3) is 5.91 Å². The van der Waals surface area contributed by atoms with Crippen molar-refractivity contribution in [3.05, 3.63) is 35.2 Å². The van der Waals surface area contributed by atoms with Crippen molar-refractivity contribution >= 4 is 27.3 Å². The highest BCUT2D eigenvalue weighted by molar-refractivity contribution is 7.20. The smallest absolute Gasteiger partial charge is 0.261 e. The number of carbonyl (C=O) groups is 1. The first-order chi connectivity index (χ1) is 9.15. The lowest BCUT2D eigenvalue weighted by molar-refractivity contribution is -0.117. The number of carbonyl (C=O) groups excluding carboxylic acids is 1. The minimum atomic E-state index is -0.446. The monoisotopic (exact) mass is 279 g/mol. The van der Waals surface area contributed by atoms with E-state index in [9.17, 15) is 4.79 Å². The summed E-state index contributed by atoms with van der Waals surface area (Å²) >= 11 is 1.48. The van der Waals surface area contributed by atoms with Gasteiger partial charge in [0.15, 0.2) is 6.29 Å². The molecule has 1 atom stereocenters. The third kappa shape index (κ3) is 3.12. The molecule has 0 aliphatic rings. The average molecular weight is 279 g/mol. The molecule has 0 radical (unpaired) electrons. The molecule has 2 aromatic rings. The van der Waals surface area contributed by atoms with E-state index in [2.05, 4.69) is 5.32 Å². The largest absolute Gasteiger partial charge is 0.354 e. The molecule has 102 valence electrons. The third-order valence-electron chi connectivity index (χ3n) is 2.88. The maximum absolute atomic E-state index is 12.1. The quantitative estimate of drug-likeness (QED) is 0.856. The molecule has 0 bridgehead atoms. The number of methoxy groups -OCH3 is 2. The molecule has 1 aromatic heterocycles. The topological polar surface area (TPSA) is 47.6 Å². The van der Waals surface area contributed by atoms with E-state index < -0.39 is 6.29 Å². The van der Waals surface area contributed by atoms with Gasteiger partial charge in [-0.15, -0.1) is 11.3 Å². The predicted molar refractivity (Wildman–Crippen MR) is 76.6 cm³/mol. The lowest BCUT2D eigenvalue weighted by Crippen LogP contribution is -2.42. The molecule has 0 saturated heterocycles. The van der Waals surface area contributed by atoms with Crippen molar-refractivity contribution in [2.45, 2.75) is 19.3 Å². The fourth-order valence-corrected chi connectivity index (χ4v) is 2.91. The van der Waals surface area contributed by atoms with Crippen LogP contribution < -0.4 is 5.32 Å². The van der Waals surface area contributed by atoms with E-state index in [1.807, 2.05) is 37.3 Å². The Hall–Kier alpha value is -1.43. The van der Waals surface area contributed by atoms with Crippen LogP contribution in [0.4, 0.5) is 0 Å². The first-order valence-electron chi connectivity index (χ1n) is 6.00. The van der Waals surface area contributed by atoms with Gasteiger partial charge in [-0.3, -0.25) is 4.79 Å². The predicted octanol–water partition coefficient (Wildman–Crippen LogP) is 2.64. The molecule has 0 fully saturated rings. The van der Waals surface area contributed by atoms with Gasteiger partial charge in [0.05, 0.1) is 10.9 Å². The Kier molecular flexibility index (Phi) is 4.52. The lowest BCUT2D eigenvalue weighted by Gasteiger charge is -2.21. The summed E-state index contributed by atoms with van der Waals surface area (Å²) in [5.74, 6) is -0.104. The second-order valence-electron chi connectivity index (χ2n) is 4.25. The molecule has 19 heavy (non-hydrogen) atoms. The number of benzene rings is 1. The Morgan fingerprint density at radius 1 is 1.26 bits per heavy atom. The first-order valence-corrected chi connectivity index (χ1v) is 6.82. The molecule has 1 amide bonds. The average Bonchev–Trinajstić information content (AvgIpc) is 2.84. The number of amides is 1. The molecule has 0 aliphatic carbocycles. The number of ether oxygens (including phenoxy) is 2. The number of hydrogen-bond acceptors (Lipinski definition) is 4. The molecule has 1 heterocycles. The van der Waals surface area contributed by atoms with Crippen LogP contribution >= 0.6 is 11.3 Å². The highest BCUT2D eigenvalue weighted by Gasteiger charge is 2.19. The Labute approximate surface area is 116 Å². The SMILES string of the molecule is COC(OC)C(C)NC(=O)c1cc2ccccc2s1. The molecule has 2 rings (SSSR count). The van der Waals surface area contributed by atoms with Gasteiger partial charge in [0.1, 0.15) is 0 Å². The summed E-state index contributed by atoms with van der Waals surface area (Å²) in [6.45, 7) is 1.85. The number of hydrogen-bond donors (Lipinski definition) is 1. The van der Waals surface area contributed by atoms with Crippen LogP contribution in [0.1, 0.15) is 16.6 Å². The van der Waals surface area contributed by atoms with Crippen LogP contribution in [-0.2, 0) is 9.47 Å². The fraction of sp³-hybridized carbons (Fsp3) is 0.357. The Morgan fingerprint density at radius 3 is 2.58 bits per heavy atom. The Morgan fingerprint density at radius 2 is 1.95 bits per heavy atom. The maximum atomic E-state index is 12.1. The molecule has 1 aromatic carbocycles. The molecular weight excluding hydrogens is 262 g/mol. The maximum Gasteiger partial charge on any atom is 0.261 e. The van der Waals surface area contributed by atoms with E-state index in [1.54, 1.807) is 14.2 Å². The van der Waals surface area contributed by atoms with E-state index in [0.717, 1.165) is 10.1 Å². The van der Waals surface area contributed by atoms with Crippen molar-refractivity contribution in [2.24, 2.45) is 0 Å². The summed E-state index contributed by atoms with van der Waals surface area (Å²) in [7, 11) is 3.10. The number of nitrogens with one attached hydrogen (secondary N) is 1. The highest BCUT2D eigenvalue weighted by atomic mass is 32.1. The van der Waals surface area contributed by atoms with Gasteiger partial charge in [-0.2, -0.15) is 0 Å². The van der Waals surface area contributed by atoms with Crippen molar-refractivity contribution in [2.75, 3.05) is 14.2 Å². The van der Waals surface area contributed by atoms with Gasteiger partial charge < -0.3 is 14.8 Å². The first kappa shape index (κ1) is 14.0. The summed E-state index contributed by atoms with van der Waals surface area (Å²) in [6, 6.07) is 9.62. The van der Waals surface area contributed by atoms with E-state index in [4.69, 9.17) is 9.47 Å². The van der Waals surface area contributed by atoms with E-state index in [-0.39, 0.29) is 11.9 Å². The van der Waals surface area contributed by atoms with Crippen molar-refractivity contribution < 1.29 is 14.3 Å². The van der Waals surface area contributed by atoms with Crippen molar-refractivity contribution in [1.29, 1.82) is 0 Å². The summed E-state index contributed by atoms with van der Waals surface area (Å²) < 4.78 is 11.4. The highest BCUT2D eigenvalue weighted by Crippen LogP contribution is 2.25. The van der Waals surface area contributed by atoms with Gasteiger partial charge in [-0.1, -0.05) is 18.2 Å². The fourth-order valence-electron chi connectivity index (χ4n) is 1.94. The van der Waals surface area contributed by atoms with Gasteiger partial charge in [0.2, 0.25) is 0 Å². The van der Waals surface area contributed by atoms with Crippen LogP contribution in [0, 0.1) is 0 Å². The number of rotatable bonds is 5. The summed E-state index contributed by atoms with van der Waals surface area (Å²) in [6.07, 6.45) is -0.446. The van der Waals surface area contributed by atoms with Crippen LogP contribution in [0.25, 0.3) is 10.1 Å². The van der Waals surface area contributed by atoms with Gasteiger partial charge in [-0.05, 0) is 24.4 Å². The van der Waals surface area contributed by atoms with E-state index in [0.29, 0.717) is 4.88 Å². The van der Waals surface area contributed by atoms with Crippen LogP contribution in [0.3, 0.4) is 0 Å². The molecule has 5 heteroatoms. The summed E-state index contributed by atoms with van der Waals surface area (Å²) in [5, 5.41) is 3.96. The zero-order chi connectivity index (χ0) is 13.8. The van der Waals surface area contributed by atoms with Gasteiger partial charge in [0, 0.05) is 18.9 Å². The Bertz CT molecular complexity index is 530. The van der Waals surface area contributed by atoms with Crippen molar-refractivity contribution in [1.82, 2.24) is 5.32 Å². The molecule has 0 saturated carbocycles. The van der Waals surface area contributed by atoms with Gasteiger partial charge >= 0.3 is 0 Å². The third-order valence-corrected chi connectivity index (χ3v) is 4.00. The van der Waals surface area contributed by atoms with Crippen molar-refractivity contribution in [3.8, 4) is 0 Å². The molecular formula is C14H17NO3S. The zero-order valence-corrected chi connectivity index (χ0v) is 12.0. The summed E-state index contributed by atoms with van der Waals surface area (Å²) in [5.41, 5.74) is 0. The van der Waals surface area contributed by atoms with Crippen LogP contribution in [0.15, 0.2) is 30.3 Å². The van der Waals surface area contributed by atoms with E-state index in [1.165, 1.54) is 11.3 Å². The van der Waals surface area contributed by atoms with Crippen molar-refractivity contribution in [3.63, 3.8) is 0 Å². The van der Waals surface area contributed by atoms with E-state index >= 15 is 0 Å². The molecule has 0 spiro atoms. The standard InChI is InChI=1S/C14H17NO3S/c1-9(14(17-2)18-3)15-13(16)12-8-10-6-4-5-7-11(10)19-12/h4-9,14H,1-3H3,(H,15,16). The second-order valence-corrected chi connectivity index (χ2v) is 5.33. The lowest BCUT2D eigenvalue weighted by atomic mass is 10.2. The number of fused-ring (bicyclic) bond motifs is 1. The molecule has 0 aliphatic heterocycles. The Balaban J connectivity index is 2.11. The molecule has 1 unspecified atom stereocenters. The minimum Gasteiger partial charge on any atom is -0.354 e. The van der Waals surface area contributed by atoms with Crippen LogP contribution in [-0.4, -0.2) is 32.5 Å². The van der Waals surface area contributed by atoms with Gasteiger partial charge in [-0.25, -0.2) is 0 Å². The van der Waals surface area contributed by atoms with Crippen LogP contribution in [0.5, 0.6) is 0 Å². The van der Waals surface area contributed by atoms with Crippen LogP contribution in [0.2, 0.25) is 0 Å². The second kappa shape index (κ2) is 6.14. The zero-order valence-electron chi connectivity index (χ0n) is 11.2. The number of thiophene rings is 1. The minimum absolute atomic E-state index is 0.104. The summed E-state index contributed by atoms with van der Waals surface area (Å²) in [4.78, 5) is 12.8. The molecule has 4 nitrogen and oxygen atoms in total. The normalized spacial score (nSPS) is 12.8.